The van der Waals surface area contributed by atoms with Gasteiger partial charge in [-0.25, -0.2) is 18.4 Å². The number of thiazole rings is 2. The highest BCUT2D eigenvalue weighted by Gasteiger charge is 2.44. The number of unbranched alkanes of at least 4 members (excludes halogenated alkanes) is 3. The molecule has 1 fully saturated rings. The Balaban J connectivity index is 0.802. The number of aryl methyl sites for hydroxylation is 1. The number of nitrogens with zero attached hydrogens (tertiary/aromatic N) is 5. The van der Waals surface area contributed by atoms with E-state index in [1.165, 1.54) is 34.7 Å². The van der Waals surface area contributed by atoms with Crippen LogP contribution in [0.25, 0.3) is 32.8 Å². The summed E-state index contributed by atoms with van der Waals surface area (Å²) in [6, 6.07) is 18.8. The first-order valence-corrected chi connectivity index (χ1v) is 28.1. The molecule has 6 N–H and O–H groups in total. The molecular formula is C53H62N10O9S3. The highest BCUT2D eigenvalue weighted by atomic mass is 32.2. The fraction of sp³-hybridized carbons (Fsp3) is 0.377. The number of nitrogens with one attached hydrogen (secondary N) is 5. The average Bonchev–Trinajstić information content (AvgIpc) is 4.23. The molecule has 396 valence electrons. The van der Waals surface area contributed by atoms with E-state index in [0.717, 1.165) is 55.0 Å². The Hall–Kier alpha value is -7.14. The minimum absolute atomic E-state index is 0.0126. The lowest BCUT2D eigenvalue weighted by molar-refractivity contribution is -0.144. The number of rotatable bonds is 22. The van der Waals surface area contributed by atoms with Crippen molar-refractivity contribution in [3.05, 3.63) is 119 Å². The van der Waals surface area contributed by atoms with E-state index in [9.17, 15) is 42.3 Å². The van der Waals surface area contributed by atoms with E-state index < -0.39 is 51.3 Å². The highest BCUT2D eigenvalue weighted by molar-refractivity contribution is 7.89. The second-order valence-electron chi connectivity index (χ2n) is 19.5. The number of likely N-dealkylation sites (tertiary alicyclic amines) is 1. The van der Waals surface area contributed by atoms with Crippen molar-refractivity contribution in [3.8, 4) is 32.8 Å². The van der Waals surface area contributed by atoms with Gasteiger partial charge in [-0.2, -0.15) is 0 Å². The summed E-state index contributed by atoms with van der Waals surface area (Å²) in [4.78, 5) is 94.4. The monoisotopic (exact) mass is 1080 g/mol. The first kappa shape index (κ1) is 55.6. The van der Waals surface area contributed by atoms with E-state index in [4.69, 9.17) is 0 Å². The van der Waals surface area contributed by atoms with Crippen molar-refractivity contribution in [1.29, 1.82) is 0 Å². The van der Waals surface area contributed by atoms with Crippen LogP contribution in [0.5, 0.6) is 0 Å². The summed E-state index contributed by atoms with van der Waals surface area (Å²) in [5, 5.41) is 26.7. The van der Waals surface area contributed by atoms with Gasteiger partial charge in [-0.15, -0.1) is 22.7 Å². The van der Waals surface area contributed by atoms with Crippen LogP contribution in [0.3, 0.4) is 0 Å². The topological polar surface area (TPSA) is 264 Å². The van der Waals surface area contributed by atoms with E-state index in [0.29, 0.717) is 42.2 Å². The number of hydrogen-bond donors (Lipinski definition) is 6. The Kier molecular flexibility index (Phi) is 18.5. The first-order valence-electron chi connectivity index (χ1n) is 24.5. The van der Waals surface area contributed by atoms with Crippen molar-refractivity contribution >= 4 is 73.3 Å². The number of carbonyl (C=O) groups is 6. The largest absolute Gasteiger partial charge is 0.391 e. The van der Waals surface area contributed by atoms with E-state index >= 15 is 0 Å². The highest BCUT2D eigenvalue weighted by Crippen LogP contribution is 2.31. The first-order chi connectivity index (χ1) is 35.7. The summed E-state index contributed by atoms with van der Waals surface area (Å²) in [6.07, 6.45) is 7.43. The van der Waals surface area contributed by atoms with Crippen LogP contribution in [0.4, 0.5) is 5.13 Å². The van der Waals surface area contributed by atoms with Gasteiger partial charge in [0.2, 0.25) is 39.6 Å². The number of aliphatic hydroxyl groups excluding tert-OH is 1. The Morgan fingerprint density at radius 3 is 2.23 bits per heavy atom. The third kappa shape index (κ3) is 15.5. The molecule has 5 heterocycles. The van der Waals surface area contributed by atoms with Gasteiger partial charge in [-0.3, -0.25) is 37.7 Å². The molecule has 0 unspecified atom stereocenters. The predicted octanol–water partition coefficient (Wildman–Crippen LogP) is 6.05. The number of aromatic nitrogens is 4. The van der Waals surface area contributed by atoms with Gasteiger partial charge in [0.1, 0.15) is 12.1 Å². The fourth-order valence-corrected chi connectivity index (χ4v) is 10.6. The van der Waals surface area contributed by atoms with Crippen LogP contribution in [0, 0.1) is 12.3 Å². The number of aliphatic hydroxyl groups is 1. The van der Waals surface area contributed by atoms with Gasteiger partial charge in [0.25, 0.3) is 5.91 Å². The Morgan fingerprint density at radius 1 is 0.813 bits per heavy atom. The van der Waals surface area contributed by atoms with E-state index in [2.05, 4.69) is 41.5 Å². The molecule has 75 heavy (non-hydrogen) atoms. The lowest BCUT2D eigenvalue weighted by atomic mass is 9.85. The minimum Gasteiger partial charge on any atom is -0.391 e. The molecule has 0 bridgehead atoms. The number of amides is 6. The number of benzene rings is 2. The maximum atomic E-state index is 14.0. The molecule has 0 radical (unpaired) electrons. The molecule has 4 aromatic heterocycles. The van der Waals surface area contributed by atoms with Gasteiger partial charge in [0.15, 0.2) is 5.13 Å². The lowest BCUT2D eigenvalue weighted by Crippen LogP contribution is -2.57. The van der Waals surface area contributed by atoms with Crippen LogP contribution in [0.2, 0.25) is 0 Å². The van der Waals surface area contributed by atoms with Crippen LogP contribution >= 0.6 is 22.7 Å². The van der Waals surface area contributed by atoms with Crippen molar-refractivity contribution in [2.75, 3.05) is 24.7 Å². The van der Waals surface area contributed by atoms with Crippen LogP contribution < -0.4 is 26.6 Å². The number of hydrogen-bond acceptors (Lipinski definition) is 14. The standard InChI is InChI=1S/C53H62N10O9S3/c1-33-47(74-32-58-33)35-17-15-34(16-18-35)26-56-50(69)43-25-41(64)30-63(43)51(70)48(53(2,3)4)60-45(66)14-9-7-6-8-13-44(65)55-27-40-24-37(19-21-54-40)36-11-10-12-38(23-36)42-31-73-52(59-42)61-46(67)28-57-49(68)39-20-22-62(29-39)75(5,71)72/h10-12,15-24,29,31-32,41,43,48,64H,6-9,13-14,25-28,30H2,1-5H3,(H,55,65)(H,56,69)(H,57,68)(H,60,66)(H,59,61,67)/t41-,43+,48-/m1/s1. The third-order valence-electron chi connectivity index (χ3n) is 12.5. The Bertz CT molecular complexity index is 3130. The van der Waals surface area contributed by atoms with E-state index in [1.54, 1.807) is 28.4 Å². The summed E-state index contributed by atoms with van der Waals surface area (Å²) < 4.78 is 24.3. The molecule has 19 nitrogen and oxygen atoms in total. The number of pyridine rings is 1. The second-order valence-corrected chi connectivity index (χ2v) is 23.1. The molecule has 3 atom stereocenters. The molecule has 1 aliphatic rings. The maximum Gasteiger partial charge on any atom is 0.253 e. The lowest BCUT2D eigenvalue weighted by Gasteiger charge is -2.35. The third-order valence-corrected chi connectivity index (χ3v) is 15.2. The van der Waals surface area contributed by atoms with Crippen LogP contribution in [-0.2, 0) is 47.1 Å². The number of carbonyl (C=O) groups excluding carboxylic acids is 6. The fourth-order valence-electron chi connectivity index (χ4n) is 8.44. The molecule has 1 aliphatic heterocycles. The molecule has 0 saturated carbocycles. The number of β-amino-alcohol motifs (C(OH)–C–C–N with tert-alkyl or cyclic N) is 1. The minimum atomic E-state index is -3.55. The molecule has 0 aliphatic carbocycles. The molecule has 0 spiro atoms. The number of anilines is 1. The smallest absolute Gasteiger partial charge is 0.253 e. The van der Waals surface area contributed by atoms with Gasteiger partial charge < -0.3 is 36.6 Å². The predicted molar refractivity (Wildman–Crippen MR) is 288 cm³/mol. The van der Waals surface area contributed by atoms with Gasteiger partial charge in [0, 0.05) is 61.9 Å². The zero-order chi connectivity index (χ0) is 53.9. The zero-order valence-corrected chi connectivity index (χ0v) is 44.9. The molecule has 6 amide bonds. The summed E-state index contributed by atoms with van der Waals surface area (Å²) >= 11 is 2.79. The van der Waals surface area contributed by atoms with Gasteiger partial charge >= 0.3 is 0 Å². The maximum absolute atomic E-state index is 14.0. The molecule has 2 aromatic carbocycles. The van der Waals surface area contributed by atoms with E-state index in [-0.39, 0.29) is 62.3 Å². The van der Waals surface area contributed by atoms with Crippen molar-refractivity contribution < 1.29 is 42.3 Å². The van der Waals surface area contributed by atoms with Gasteiger partial charge in [-0.05, 0) is 71.7 Å². The van der Waals surface area contributed by atoms with Crippen molar-refractivity contribution in [3.63, 3.8) is 0 Å². The Labute approximate surface area is 444 Å². The van der Waals surface area contributed by atoms with E-state index in [1.807, 2.05) is 88.4 Å². The summed E-state index contributed by atoms with van der Waals surface area (Å²) in [7, 11) is -3.55. The SMILES string of the molecule is Cc1ncsc1-c1ccc(CNC(=O)[C@@H]2C[C@@H](O)CN2C(=O)[C@@H](NC(=O)CCCCCCC(=O)NCc2cc(-c3cccc(-c4csc(NC(=O)CNC(=O)c5ccn(S(C)(=O)=O)c5)n4)c3)ccn2)C(C)(C)C)cc1. The second kappa shape index (κ2) is 24.9. The molecule has 6 aromatic rings. The summed E-state index contributed by atoms with van der Waals surface area (Å²) in [5.74, 6) is -2.30. The average molecular weight is 1080 g/mol. The zero-order valence-electron chi connectivity index (χ0n) is 42.4. The van der Waals surface area contributed by atoms with Crippen LogP contribution in [-0.4, -0.2) is 110 Å². The molecule has 1 saturated heterocycles. The molecule has 7 rings (SSSR count). The quantitative estimate of drug-likeness (QED) is 0.0425. The van der Waals surface area contributed by atoms with Crippen molar-refractivity contribution in [2.45, 2.75) is 104 Å². The van der Waals surface area contributed by atoms with Gasteiger partial charge in [0.05, 0.1) is 58.5 Å². The van der Waals surface area contributed by atoms with Gasteiger partial charge in [-0.1, -0.05) is 76.1 Å². The normalized spacial score (nSPS) is 15.0. The Morgan fingerprint density at radius 2 is 1.53 bits per heavy atom. The van der Waals surface area contributed by atoms with Crippen LogP contribution in [0.15, 0.2) is 96.2 Å². The summed E-state index contributed by atoms with van der Waals surface area (Å²) in [5.41, 5.74) is 7.98. The van der Waals surface area contributed by atoms with Crippen molar-refractivity contribution in [2.24, 2.45) is 5.41 Å². The summed E-state index contributed by atoms with van der Waals surface area (Å²) in [6.45, 7) is 7.63. The van der Waals surface area contributed by atoms with Crippen molar-refractivity contribution in [1.82, 2.24) is 45.1 Å². The van der Waals surface area contributed by atoms with Crippen LogP contribution in [0.1, 0.15) is 93.0 Å². The molecular weight excluding hydrogens is 1020 g/mol. The molecule has 22 heteroatoms.